The minimum Gasteiger partial charge on any atom is -0.462 e. The SMILES string of the molecule is CCCCCCCC/C=C\C/C=C\CCC(=O)OC(COC(=O)CCCCCCCCC/C=C\CCCCCCCCCC)COC(=O)CCCCCCCCCCCCC. The molecular weight excluding hydrogens is 757 g/mol. The highest BCUT2D eigenvalue weighted by atomic mass is 16.6. The first-order valence-electron chi connectivity index (χ1n) is 26.5. The molecule has 1 unspecified atom stereocenters. The van der Waals surface area contributed by atoms with Crippen LogP contribution >= 0.6 is 0 Å². The fourth-order valence-electron chi connectivity index (χ4n) is 7.61. The molecule has 0 aromatic heterocycles. The van der Waals surface area contributed by atoms with E-state index in [0.717, 1.165) is 51.4 Å². The van der Waals surface area contributed by atoms with Crippen molar-refractivity contribution in [1.29, 1.82) is 0 Å². The standard InChI is InChI=1S/C55H100O6/c1-4-7-10-13-16-19-22-24-25-26-27-28-29-31-33-36-39-42-45-48-54(57)60-51-52(50-59-53(56)47-44-41-38-35-32-21-18-15-12-9-6-3)61-55(58)49-46-43-40-37-34-30-23-20-17-14-11-8-5-2/h26-27,30,34,40,43,52H,4-25,28-29,31-33,35-39,41-42,44-51H2,1-3H3/b27-26-,34-30-,43-40-. The Labute approximate surface area is 378 Å². The van der Waals surface area contributed by atoms with Crippen LogP contribution in [0.5, 0.6) is 0 Å². The molecule has 0 aliphatic carbocycles. The summed E-state index contributed by atoms with van der Waals surface area (Å²) in [6.07, 6.45) is 58.6. The summed E-state index contributed by atoms with van der Waals surface area (Å²) in [6, 6.07) is 0. The molecule has 6 heteroatoms. The van der Waals surface area contributed by atoms with Crippen molar-refractivity contribution in [2.45, 2.75) is 284 Å². The molecule has 1 atom stereocenters. The maximum absolute atomic E-state index is 12.7. The molecule has 356 valence electrons. The van der Waals surface area contributed by atoms with Crippen molar-refractivity contribution in [1.82, 2.24) is 0 Å². The molecule has 0 rings (SSSR count). The predicted octanol–water partition coefficient (Wildman–Crippen LogP) is 17.3. The zero-order valence-electron chi connectivity index (χ0n) is 40.7. The Hall–Kier alpha value is -2.37. The van der Waals surface area contributed by atoms with E-state index in [1.54, 1.807) is 0 Å². The van der Waals surface area contributed by atoms with E-state index in [4.69, 9.17) is 14.2 Å². The fourth-order valence-corrected chi connectivity index (χ4v) is 7.61. The highest BCUT2D eigenvalue weighted by molar-refractivity contribution is 5.71. The second-order valence-electron chi connectivity index (χ2n) is 17.8. The molecule has 0 radical (unpaired) electrons. The van der Waals surface area contributed by atoms with E-state index in [1.165, 1.54) is 180 Å². The molecule has 61 heavy (non-hydrogen) atoms. The first-order chi connectivity index (χ1) is 30.0. The average Bonchev–Trinajstić information content (AvgIpc) is 3.26. The van der Waals surface area contributed by atoms with Gasteiger partial charge < -0.3 is 14.2 Å². The lowest BCUT2D eigenvalue weighted by Gasteiger charge is -2.18. The minimum absolute atomic E-state index is 0.0931. The van der Waals surface area contributed by atoms with Gasteiger partial charge >= 0.3 is 17.9 Å². The van der Waals surface area contributed by atoms with Crippen LogP contribution in [0.3, 0.4) is 0 Å². The van der Waals surface area contributed by atoms with Crippen LogP contribution < -0.4 is 0 Å². The van der Waals surface area contributed by atoms with Gasteiger partial charge in [-0.15, -0.1) is 0 Å². The van der Waals surface area contributed by atoms with Crippen LogP contribution in [0.2, 0.25) is 0 Å². The van der Waals surface area contributed by atoms with Gasteiger partial charge in [-0.3, -0.25) is 14.4 Å². The molecule has 0 amide bonds. The predicted molar refractivity (Wildman–Crippen MR) is 261 cm³/mol. The highest BCUT2D eigenvalue weighted by Gasteiger charge is 2.19. The Morgan fingerprint density at radius 2 is 0.623 bits per heavy atom. The zero-order valence-corrected chi connectivity index (χ0v) is 40.7. The number of esters is 3. The van der Waals surface area contributed by atoms with E-state index in [2.05, 4.69) is 51.2 Å². The van der Waals surface area contributed by atoms with Gasteiger partial charge in [0.25, 0.3) is 0 Å². The smallest absolute Gasteiger partial charge is 0.306 e. The summed E-state index contributed by atoms with van der Waals surface area (Å²) < 4.78 is 16.7. The van der Waals surface area contributed by atoms with Gasteiger partial charge in [-0.2, -0.15) is 0 Å². The number of carbonyl (C=O) groups is 3. The second kappa shape index (κ2) is 50.3. The van der Waals surface area contributed by atoms with Crippen LogP contribution in [0.4, 0.5) is 0 Å². The third-order valence-electron chi connectivity index (χ3n) is 11.6. The molecule has 0 saturated carbocycles. The molecule has 6 nitrogen and oxygen atoms in total. The van der Waals surface area contributed by atoms with E-state index in [-0.39, 0.29) is 37.5 Å². The third-order valence-corrected chi connectivity index (χ3v) is 11.6. The molecule has 0 heterocycles. The molecule has 0 spiro atoms. The number of ether oxygens (including phenoxy) is 3. The van der Waals surface area contributed by atoms with Crippen LogP contribution in [0, 0.1) is 0 Å². The highest BCUT2D eigenvalue weighted by Crippen LogP contribution is 2.15. The van der Waals surface area contributed by atoms with Crippen LogP contribution in [0.25, 0.3) is 0 Å². The minimum atomic E-state index is -0.799. The van der Waals surface area contributed by atoms with Crippen LogP contribution in [-0.2, 0) is 28.6 Å². The van der Waals surface area contributed by atoms with Crippen molar-refractivity contribution in [3.63, 3.8) is 0 Å². The van der Waals surface area contributed by atoms with Gasteiger partial charge in [0.15, 0.2) is 6.10 Å². The first kappa shape index (κ1) is 58.6. The molecule has 0 N–H and O–H groups in total. The molecule has 0 saturated heterocycles. The van der Waals surface area contributed by atoms with Gasteiger partial charge in [0, 0.05) is 19.3 Å². The van der Waals surface area contributed by atoms with Crippen molar-refractivity contribution in [3.05, 3.63) is 36.5 Å². The maximum atomic E-state index is 12.7. The van der Waals surface area contributed by atoms with E-state index >= 15 is 0 Å². The number of allylic oxidation sites excluding steroid dienone is 6. The summed E-state index contributed by atoms with van der Waals surface area (Å²) in [4.78, 5) is 37.9. The van der Waals surface area contributed by atoms with Crippen molar-refractivity contribution in [2.75, 3.05) is 13.2 Å². The van der Waals surface area contributed by atoms with Crippen LogP contribution in [0.1, 0.15) is 278 Å². The van der Waals surface area contributed by atoms with Gasteiger partial charge in [-0.05, 0) is 64.2 Å². The first-order valence-corrected chi connectivity index (χ1v) is 26.5. The average molecular weight is 857 g/mol. The van der Waals surface area contributed by atoms with E-state index in [1.807, 2.05) is 6.08 Å². The Morgan fingerprint density at radius 3 is 0.984 bits per heavy atom. The summed E-state index contributed by atoms with van der Waals surface area (Å²) in [7, 11) is 0. The lowest BCUT2D eigenvalue weighted by atomic mass is 10.1. The number of rotatable bonds is 48. The van der Waals surface area contributed by atoms with E-state index < -0.39 is 6.10 Å². The topological polar surface area (TPSA) is 78.9 Å². The summed E-state index contributed by atoms with van der Waals surface area (Å²) in [5.41, 5.74) is 0. The molecule has 0 bridgehead atoms. The molecular formula is C55H100O6. The van der Waals surface area contributed by atoms with Crippen molar-refractivity contribution in [2.24, 2.45) is 0 Å². The largest absolute Gasteiger partial charge is 0.462 e. The second-order valence-corrected chi connectivity index (χ2v) is 17.8. The molecule has 0 aliphatic rings. The van der Waals surface area contributed by atoms with Gasteiger partial charge in [0.1, 0.15) is 13.2 Å². The normalized spacial score (nSPS) is 12.2. The Kier molecular flexibility index (Phi) is 48.3. The van der Waals surface area contributed by atoms with Crippen LogP contribution in [-0.4, -0.2) is 37.2 Å². The lowest BCUT2D eigenvalue weighted by molar-refractivity contribution is -0.166. The number of unbranched alkanes of at least 4 members (excludes halogenated alkanes) is 31. The summed E-state index contributed by atoms with van der Waals surface area (Å²) in [5.74, 6) is -0.957. The summed E-state index contributed by atoms with van der Waals surface area (Å²) in [6.45, 7) is 6.59. The Bertz CT molecular complexity index is 1030. The fraction of sp³-hybridized carbons (Fsp3) is 0.836. The molecule has 0 fully saturated rings. The van der Waals surface area contributed by atoms with Crippen molar-refractivity contribution in [3.8, 4) is 0 Å². The maximum Gasteiger partial charge on any atom is 0.306 e. The van der Waals surface area contributed by atoms with Crippen molar-refractivity contribution < 1.29 is 28.6 Å². The summed E-state index contributed by atoms with van der Waals surface area (Å²) >= 11 is 0. The number of hydrogen-bond donors (Lipinski definition) is 0. The Balaban J connectivity index is 4.35. The number of carbonyl (C=O) groups excluding carboxylic acids is 3. The Morgan fingerprint density at radius 1 is 0.328 bits per heavy atom. The molecule has 0 aromatic rings. The van der Waals surface area contributed by atoms with Gasteiger partial charge in [-0.25, -0.2) is 0 Å². The zero-order chi connectivity index (χ0) is 44.4. The lowest BCUT2D eigenvalue weighted by Crippen LogP contribution is -2.30. The molecule has 0 aliphatic heterocycles. The number of hydrogen-bond acceptors (Lipinski definition) is 6. The van der Waals surface area contributed by atoms with Gasteiger partial charge in [0.2, 0.25) is 0 Å². The van der Waals surface area contributed by atoms with E-state index in [0.29, 0.717) is 19.3 Å². The van der Waals surface area contributed by atoms with E-state index in [9.17, 15) is 14.4 Å². The van der Waals surface area contributed by atoms with Crippen LogP contribution in [0.15, 0.2) is 36.5 Å². The van der Waals surface area contributed by atoms with Crippen molar-refractivity contribution >= 4 is 17.9 Å². The third kappa shape index (κ3) is 48.5. The quantitative estimate of drug-likeness (QED) is 0.0262. The monoisotopic (exact) mass is 857 g/mol. The summed E-state index contributed by atoms with van der Waals surface area (Å²) in [5, 5.41) is 0. The van der Waals surface area contributed by atoms with Gasteiger partial charge in [-0.1, -0.05) is 231 Å². The van der Waals surface area contributed by atoms with Gasteiger partial charge in [0.05, 0.1) is 0 Å². The molecule has 0 aromatic carbocycles.